The van der Waals surface area contributed by atoms with E-state index < -0.39 is 0 Å². The third kappa shape index (κ3) is 5.89. The van der Waals surface area contributed by atoms with Crippen LogP contribution in [0.4, 0.5) is 27.0 Å². The van der Waals surface area contributed by atoms with Crippen molar-refractivity contribution >= 4 is 39.8 Å². The van der Waals surface area contributed by atoms with E-state index in [1.807, 2.05) is 52.0 Å². The highest BCUT2D eigenvalue weighted by atomic mass is 32.1. The maximum atomic E-state index is 13.0. The van der Waals surface area contributed by atoms with Crippen LogP contribution in [-0.2, 0) is 13.5 Å². The predicted octanol–water partition coefficient (Wildman–Crippen LogP) is 4.27. The van der Waals surface area contributed by atoms with Crippen LogP contribution in [0.5, 0.6) is 0 Å². The first-order valence-corrected chi connectivity index (χ1v) is 14.2. The van der Waals surface area contributed by atoms with E-state index in [-0.39, 0.29) is 11.9 Å². The van der Waals surface area contributed by atoms with Gasteiger partial charge in [-0.25, -0.2) is 9.78 Å². The van der Waals surface area contributed by atoms with Crippen LogP contribution in [0.25, 0.3) is 0 Å². The average Bonchev–Trinajstić information content (AvgIpc) is 3.53. The summed E-state index contributed by atoms with van der Waals surface area (Å²) in [7, 11) is 5.97. The van der Waals surface area contributed by atoms with Gasteiger partial charge < -0.3 is 25.8 Å². The molecule has 4 aromatic rings. The van der Waals surface area contributed by atoms with Gasteiger partial charge in [-0.2, -0.15) is 9.47 Å². The van der Waals surface area contributed by atoms with Crippen molar-refractivity contribution in [2.45, 2.75) is 26.2 Å². The second-order valence-electron chi connectivity index (χ2n) is 10.5. The number of aryl methyl sites for hydroxylation is 2. The van der Waals surface area contributed by atoms with Crippen molar-refractivity contribution in [3.63, 3.8) is 0 Å². The number of hydrogen-bond acceptors (Lipinski definition) is 8. The Hall–Kier alpha value is -4.12. The van der Waals surface area contributed by atoms with Crippen molar-refractivity contribution < 1.29 is 4.79 Å². The Morgan fingerprint density at radius 3 is 2.33 bits per heavy atom. The van der Waals surface area contributed by atoms with Gasteiger partial charge in [-0.3, -0.25) is 4.68 Å². The Morgan fingerprint density at radius 2 is 1.73 bits per heavy atom. The molecule has 3 heterocycles. The monoisotopic (exact) mass is 559 g/mol. The average molecular weight is 560 g/mol. The summed E-state index contributed by atoms with van der Waals surface area (Å²) in [5.41, 5.74) is 12.8. The molecule has 2 aromatic heterocycles. The summed E-state index contributed by atoms with van der Waals surface area (Å²) in [6.45, 7) is 6.48. The summed E-state index contributed by atoms with van der Waals surface area (Å²) in [4.78, 5) is 24.1. The van der Waals surface area contributed by atoms with Crippen molar-refractivity contribution in [3.05, 3.63) is 76.9 Å². The molecule has 0 spiro atoms. The highest BCUT2D eigenvalue weighted by Gasteiger charge is 2.26. The molecule has 210 valence electrons. The van der Waals surface area contributed by atoms with E-state index in [0.29, 0.717) is 26.2 Å². The molecule has 2 amide bonds. The van der Waals surface area contributed by atoms with Crippen LogP contribution < -0.4 is 20.9 Å². The number of anilines is 4. The Morgan fingerprint density at radius 1 is 1.05 bits per heavy atom. The minimum absolute atomic E-state index is 0.00818. The first-order valence-electron chi connectivity index (χ1n) is 13.5. The molecule has 2 aromatic carbocycles. The van der Waals surface area contributed by atoms with Gasteiger partial charge in [0.2, 0.25) is 5.13 Å². The van der Waals surface area contributed by atoms with Crippen LogP contribution >= 0.6 is 11.5 Å². The molecule has 1 atom stereocenters. The van der Waals surface area contributed by atoms with Crippen LogP contribution in [0.15, 0.2) is 48.5 Å². The summed E-state index contributed by atoms with van der Waals surface area (Å²) < 4.78 is 6.60. The number of carbonyl (C=O) groups is 1. The van der Waals surface area contributed by atoms with Crippen LogP contribution in [-0.4, -0.2) is 70.3 Å². The number of nitrogens with one attached hydrogen (secondary N) is 1. The van der Waals surface area contributed by atoms with Crippen molar-refractivity contribution in [3.8, 4) is 0 Å². The first kappa shape index (κ1) is 27.4. The van der Waals surface area contributed by atoms with E-state index >= 15 is 0 Å². The molecule has 1 saturated heterocycles. The van der Waals surface area contributed by atoms with Gasteiger partial charge in [0.25, 0.3) is 0 Å². The van der Waals surface area contributed by atoms with Crippen molar-refractivity contribution in [1.82, 2.24) is 24.0 Å². The van der Waals surface area contributed by atoms with E-state index in [0.717, 1.165) is 45.7 Å². The lowest BCUT2D eigenvalue weighted by atomic mass is 9.91. The number of urea groups is 1. The highest BCUT2D eigenvalue weighted by Crippen LogP contribution is 2.31. The fraction of sp³-hybridized carbons (Fsp3) is 0.379. The Balaban J connectivity index is 1.28. The Kier molecular flexibility index (Phi) is 7.92. The van der Waals surface area contributed by atoms with Crippen LogP contribution in [0.2, 0.25) is 0 Å². The summed E-state index contributed by atoms with van der Waals surface area (Å²) in [6.07, 6.45) is 0.787. The van der Waals surface area contributed by atoms with Gasteiger partial charge in [-0.05, 0) is 55.7 Å². The predicted molar refractivity (Wildman–Crippen MR) is 163 cm³/mol. The van der Waals surface area contributed by atoms with Crippen LogP contribution in [0, 0.1) is 13.8 Å². The molecule has 1 fully saturated rings. The number of benzene rings is 2. The van der Waals surface area contributed by atoms with Crippen LogP contribution in [0.3, 0.4) is 0 Å². The number of rotatable bonds is 7. The Labute approximate surface area is 239 Å². The minimum atomic E-state index is -0.0968. The van der Waals surface area contributed by atoms with Gasteiger partial charge >= 0.3 is 6.03 Å². The van der Waals surface area contributed by atoms with Gasteiger partial charge in [-0.1, -0.05) is 24.3 Å². The number of aromatic nitrogens is 4. The highest BCUT2D eigenvalue weighted by molar-refractivity contribution is 7.09. The lowest BCUT2D eigenvalue weighted by Gasteiger charge is -2.34. The minimum Gasteiger partial charge on any atom is -0.399 e. The topological polar surface area (TPSA) is 108 Å². The number of amides is 2. The lowest BCUT2D eigenvalue weighted by Crippen LogP contribution is -2.50. The zero-order valence-corrected chi connectivity index (χ0v) is 24.6. The standard InChI is InChI=1S/C29H37N9OS/c1-19-26(20(2)36(5)33-19)31-28(39)37-14-16-38(17-15-37)29-32-27(34-40-29)25(22-8-10-23(30)11-9-22)18-21-6-12-24(13-7-21)35(3)4/h6-13,25H,14-18,30H2,1-5H3,(H,31,39). The van der Waals surface area contributed by atoms with E-state index in [2.05, 4.69) is 56.6 Å². The molecule has 0 saturated carbocycles. The maximum Gasteiger partial charge on any atom is 0.322 e. The molecule has 1 unspecified atom stereocenters. The van der Waals surface area contributed by atoms with Crippen molar-refractivity contribution in [1.29, 1.82) is 0 Å². The molecule has 5 rings (SSSR count). The fourth-order valence-corrected chi connectivity index (χ4v) is 5.77. The second kappa shape index (κ2) is 11.5. The zero-order chi connectivity index (χ0) is 28.4. The summed E-state index contributed by atoms with van der Waals surface area (Å²) in [5.74, 6) is 0.818. The van der Waals surface area contributed by atoms with Gasteiger partial charge in [0.05, 0.1) is 17.1 Å². The number of carbonyl (C=O) groups excluding carboxylic acids is 1. The molecule has 10 nitrogen and oxygen atoms in total. The molecule has 0 bridgehead atoms. The van der Waals surface area contributed by atoms with Crippen molar-refractivity contribution in [2.75, 3.05) is 61.1 Å². The third-order valence-corrected chi connectivity index (χ3v) is 8.34. The zero-order valence-electron chi connectivity index (χ0n) is 23.8. The maximum absolute atomic E-state index is 13.0. The molecule has 1 aliphatic rings. The molecular formula is C29H37N9OS. The quantitative estimate of drug-likeness (QED) is 0.326. The fourth-order valence-electron chi connectivity index (χ4n) is 4.99. The van der Waals surface area contributed by atoms with Crippen LogP contribution in [0.1, 0.15) is 34.3 Å². The normalized spacial score (nSPS) is 14.3. The lowest BCUT2D eigenvalue weighted by molar-refractivity contribution is 0.208. The summed E-state index contributed by atoms with van der Waals surface area (Å²) in [5, 5.41) is 8.33. The molecule has 1 aliphatic heterocycles. The first-order chi connectivity index (χ1) is 19.2. The van der Waals surface area contributed by atoms with Crippen molar-refractivity contribution in [2.24, 2.45) is 7.05 Å². The molecule has 0 aliphatic carbocycles. The number of hydrogen-bond donors (Lipinski definition) is 2. The number of nitrogens with two attached hydrogens (primary N) is 1. The number of nitrogen functional groups attached to an aromatic ring is 1. The molecule has 11 heteroatoms. The van der Waals surface area contributed by atoms with Gasteiger partial charge in [0.15, 0.2) is 5.82 Å². The molecule has 3 N–H and O–H groups in total. The van der Waals surface area contributed by atoms with Gasteiger partial charge in [-0.15, -0.1) is 0 Å². The van der Waals surface area contributed by atoms with E-state index in [9.17, 15) is 4.79 Å². The third-order valence-electron chi connectivity index (χ3n) is 7.55. The van der Waals surface area contributed by atoms with E-state index in [4.69, 9.17) is 15.1 Å². The van der Waals surface area contributed by atoms with E-state index in [1.165, 1.54) is 22.8 Å². The van der Waals surface area contributed by atoms with Gasteiger partial charge in [0, 0.05) is 76.1 Å². The SMILES string of the molecule is Cc1nn(C)c(C)c1NC(=O)N1CCN(c2nc(C(Cc3ccc(N(C)C)cc3)c3ccc(N)cc3)ns2)CC1. The number of nitrogens with zero attached hydrogens (tertiary/aromatic N) is 7. The second-order valence-corrected chi connectivity index (χ2v) is 11.2. The number of piperazine rings is 1. The molecular weight excluding hydrogens is 522 g/mol. The largest absolute Gasteiger partial charge is 0.399 e. The summed E-state index contributed by atoms with van der Waals surface area (Å²) >= 11 is 1.42. The molecule has 0 radical (unpaired) electrons. The molecule has 40 heavy (non-hydrogen) atoms. The Bertz CT molecular complexity index is 1450. The van der Waals surface area contributed by atoms with E-state index in [1.54, 1.807) is 4.68 Å². The smallest absolute Gasteiger partial charge is 0.322 e. The van der Waals surface area contributed by atoms with Gasteiger partial charge in [0.1, 0.15) is 0 Å². The summed E-state index contributed by atoms with van der Waals surface area (Å²) in [6, 6.07) is 16.5.